The van der Waals surface area contributed by atoms with Crippen LogP contribution in [0.3, 0.4) is 0 Å². The summed E-state index contributed by atoms with van der Waals surface area (Å²) in [7, 11) is 2.19. The average Bonchev–Trinajstić information content (AvgIpc) is 2.37. The molecular weight excluding hydrogens is 210 g/mol. The van der Waals surface area contributed by atoms with Crippen molar-refractivity contribution < 1.29 is 0 Å². The lowest BCUT2D eigenvalue weighted by atomic mass is 10.2. The van der Waals surface area contributed by atoms with Gasteiger partial charge < -0.3 is 10.2 Å². The lowest BCUT2D eigenvalue weighted by molar-refractivity contribution is 0.328. The first kappa shape index (κ1) is 14.1. The van der Waals surface area contributed by atoms with Crippen LogP contribution in [0.15, 0.2) is 24.4 Å². The zero-order chi connectivity index (χ0) is 12.3. The summed E-state index contributed by atoms with van der Waals surface area (Å²) in [5.41, 5.74) is 1.19. The van der Waals surface area contributed by atoms with Gasteiger partial charge in [-0.1, -0.05) is 13.0 Å². The molecule has 1 heterocycles. The van der Waals surface area contributed by atoms with Gasteiger partial charge in [0.2, 0.25) is 0 Å². The molecule has 0 spiro atoms. The van der Waals surface area contributed by atoms with Gasteiger partial charge in [0.15, 0.2) is 0 Å². The van der Waals surface area contributed by atoms with Gasteiger partial charge in [-0.05, 0) is 51.7 Å². The van der Waals surface area contributed by atoms with Crippen LogP contribution in [0, 0.1) is 0 Å². The second-order valence-corrected chi connectivity index (χ2v) is 4.44. The number of likely N-dealkylation sites (N-methyl/N-ethyl adjacent to an activating group) is 1. The van der Waals surface area contributed by atoms with E-state index in [1.807, 2.05) is 12.3 Å². The first-order chi connectivity index (χ1) is 8.33. The third-order valence-electron chi connectivity index (χ3n) is 2.87. The first-order valence-electron chi connectivity index (χ1n) is 6.62. The maximum absolute atomic E-state index is 4.33. The summed E-state index contributed by atoms with van der Waals surface area (Å²) in [6.45, 7) is 6.65. The number of pyridine rings is 1. The van der Waals surface area contributed by atoms with Crippen LogP contribution in [0.2, 0.25) is 0 Å². The molecule has 3 heteroatoms. The fraction of sp³-hybridized carbons (Fsp3) is 0.643. The molecule has 1 rings (SSSR count). The lowest BCUT2D eigenvalue weighted by Gasteiger charge is -2.16. The predicted octanol–water partition coefficient (Wildman–Crippen LogP) is 1.95. The Morgan fingerprint density at radius 3 is 2.82 bits per heavy atom. The lowest BCUT2D eigenvalue weighted by Crippen LogP contribution is -2.24. The van der Waals surface area contributed by atoms with Crippen LogP contribution < -0.4 is 5.32 Å². The van der Waals surface area contributed by atoms with E-state index in [9.17, 15) is 0 Å². The van der Waals surface area contributed by atoms with Gasteiger partial charge in [-0.15, -0.1) is 0 Å². The zero-order valence-electron chi connectivity index (χ0n) is 11.2. The van der Waals surface area contributed by atoms with Crippen molar-refractivity contribution in [1.82, 2.24) is 15.2 Å². The van der Waals surface area contributed by atoms with E-state index in [1.165, 1.54) is 25.1 Å². The first-order valence-corrected chi connectivity index (χ1v) is 6.62. The fourth-order valence-electron chi connectivity index (χ4n) is 1.77. The molecular formula is C14H25N3. The van der Waals surface area contributed by atoms with Gasteiger partial charge in [-0.2, -0.15) is 0 Å². The van der Waals surface area contributed by atoms with Crippen LogP contribution in [0.1, 0.15) is 25.5 Å². The molecule has 17 heavy (non-hydrogen) atoms. The summed E-state index contributed by atoms with van der Waals surface area (Å²) < 4.78 is 0. The molecule has 1 aromatic heterocycles. The van der Waals surface area contributed by atoms with Gasteiger partial charge in [0, 0.05) is 24.9 Å². The molecule has 0 unspecified atom stereocenters. The molecule has 0 aliphatic rings. The van der Waals surface area contributed by atoms with Crippen molar-refractivity contribution in [3.63, 3.8) is 0 Å². The second-order valence-electron chi connectivity index (χ2n) is 4.44. The van der Waals surface area contributed by atoms with Crippen LogP contribution in [-0.2, 0) is 6.42 Å². The van der Waals surface area contributed by atoms with Gasteiger partial charge in [-0.25, -0.2) is 0 Å². The Labute approximate surface area is 105 Å². The molecule has 0 bridgehead atoms. The molecule has 0 atom stereocenters. The third-order valence-corrected chi connectivity index (χ3v) is 2.87. The normalized spacial score (nSPS) is 11.0. The van der Waals surface area contributed by atoms with E-state index in [-0.39, 0.29) is 0 Å². The Kier molecular flexibility index (Phi) is 7.60. The SMILES string of the molecule is CCNCCCCN(C)CCc1ccccn1. The van der Waals surface area contributed by atoms with Crippen LogP contribution in [0.5, 0.6) is 0 Å². The number of hydrogen-bond acceptors (Lipinski definition) is 3. The van der Waals surface area contributed by atoms with Gasteiger partial charge >= 0.3 is 0 Å². The van der Waals surface area contributed by atoms with E-state index in [0.717, 1.165) is 26.1 Å². The molecule has 0 amide bonds. The Morgan fingerprint density at radius 1 is 1.24 bits per heavy atom. The number of nitrogens with one attached hydrogen (secondary N) is 1. The average molecular weight is 235 g/mol. The number of rotatable bonds is 9. The quantitative estimate of drug-likeness (QED) is 0.663. The maximum Gasteiger partial charge on any atom is 0.0416 e. The van der Waals surface area contributed by atoms with E-state index in [1.54, 1.807) is 0 Å². The molecule has 0 aliphatic carbocycles. The fourth-order valence-corrected chi connectivity index (χ4v) is 1.77. The monoisotopic (exact) mass is 235 g/mol. The second kappa shape index (κ2) is 9.14. The highest BCUT2D eigenvalue weighted by Gasteiger charge is 1.99. The number of aromatic nitrogens is 1. The molecule has 0 fully saturated rings. The summed E-state index contributed by atoms with van der Waals surface area (Å²) in [4.78, 5) is 6.72. The van der Waals surface area contributed by atoms with Crippen molar-refractivity contribution in [3.8, 4) is 0 Å². The minimum atomic E-state index is 1.05. The standard InChI is InChI=1S/C14H25N3/c1-3-15-10-6-7-12-17(2)13-9-14-8-4-5-11-16-14/h4-5,8,11,15H,3,6-7,9-10,12-13H2,1-2H3. The van der Waals surface area contributed by atoms with Gasteiger partial charge in [0.25, 0.3) is 0 Å². The Balaban J connectivity index is 2.03. The number of hydrogen-bond donors (Lipinski definition) is 1. The van der Waals surface area contributed by atoms with Crippen molar-refractivity contribution >= 4 is 0 Å². The molecule has 0 radical (unpaired) electrons. The highest BCUT2D eigenvalue weighted by Crippen LogP contribution is 1.98. The van der Waals surface area contributed by atoms with E-state index in [2.05, 4.69) is 41.3 Å². The number of nitrogens with zero attached hydrogens (tertiary/aromatic N) is 2. The smallest absolute Gasteiger partial charge is 0.0416 e. The highest BCUT2D eigenvalue weighted by atomic mass is 15.1. The molecule has 0 saturated heterocycles. The van der Waals surface area contributed by atoms with Crippen molar-refractivity contribution in [2.45, 2.75) is 26.2 Å². The predicted molar refractivity (Wildman–Crippen MR) is 73.2 cm³/mol. The summed E-state index contributed by atoms with van der Waals surface area (Å²) >= 11 is 0. The molecule has 0 aromatic carbocycles. The third kappa shape index (κ3) is 7.08. The van der Waals surface area contributed by atoms with Crippen LogP contribution in [0.4, 0.5) is 0 Å². The number of unbranched alkanes of at least 4 members (excludes halogenated alkanes) is 1. The summed E-state index contributed by atoms with van der Waals surface area (Å²) in [6, 6.07) is 6.12. The molecule has 0 aliphatic heterocycles. The Morgan fingerprint density at radius 2 is 2.12 bits per heavy atom. The highest BCUT2D eigenvalue weighted by molar-refractivity contribution is 5.03. The molecule has 96 valence electrons. The van der Waals surface area contributed by atoms with Crippen molar-refractivity contribution in [2.75, 3.05) is 33.2 Å². The minimum Gasteiger partial charge on any atom is -0.317 e. The van der Waals surface area contributed by atoms with Gasteiger partial charge in [-0.3, -0.25) is 4.98 Å². The zero-order valence-corrected chi connectivity index (χ0v) is 11.2. The van der Waals surface area contributed by atoms with Crippen LogP contribution >= 0.6 is 0 Å². The van der Waals surface area contributed by atoms with Gasteiger partial charge in [0.05, 0.1) is 0 Å². The minimum absolute atomic E-state index is 1.05. The summed E-state index contributed by atoms with van der Waals surface area (Å²) in [5, 5.41) is 3.35. The van der Waals surface area contributed by atoms with E-state index in [4.69, 9.17) is 0 Å². The van der Waals surface area contributed by atoms with E-state index in [0.29, 0.717) is 0 Å². The maximum atomic E-state index is 4.33. The summed E-state index contributed by atoms with van der Waals surface area (Å²) in [5.74, 6) is 0. The molecule has 1 aromatic rings. The molecule has 3 nitrogen and oxygen atoms in total. The van der Waals surface area contributed by atoms with Crippen molar-refractivity contribution in [3.05, 3.63) is 30.1 Å². The van der Waals surface area contributed by atoms with E-state index < -0.39 is 0 Å². The van der Waals surface area contributed by atoms with Crippen molar-refractivity contribution in [2.24, 2.45) is 0 Å². The van der Waals surface area contributed by atoms with Crippen LogP contribution in [0.25, 0.3) is 0 Å². The van der Waals surface area contributed by atoms with Crippen LogP contribution in [-0.4, -0.2) is 43.1 Å². The topological polar surface area (TPSA) is 28.2 Å². The Bertz CT molecular complexity index is 274. The van der Waals surface area contributed by atoms with E-state index >= 15 is 0 Å². The summed E-state index contributed by atoms with van der Waals surface area (Å²) in [6.07, 6.45) is 5.45. The Hall–Kier alpha value is -0.930. The van der Waals surface area contributed by atoms with Crippen molar-refractivity contribution in [1.29, 1.82) is 0 Å². The molecule has 0 saturated carbocycles. The molecule has 1 N–H and O–H groups in total. The largest absolute Gasteiger partial charge is 0.317 e. The van der Waals surface area contributed by atoms with Gasteiger partial charge in [0.1, 0.15) is 0 Å².